The predicted molar refractivity (Wildman–Crippen MR) is 22.8 cm³/mol. The van der Waals surface area contributed by atoms with Crippen LogP contribution in [0.3, 0.4) is 0 Å². The second kappa shape index (κ2) is 15.7. The zero-order chi connectivity index (χ0) is 13.5. The molecular weight excluding hydrogens is 388 g/mol. The summed E-state index contributed by atoms with van der Waals surface area (Å²) in [7, 11) is -16.2. The summed E-state index contributed by atoms with van der Waals surface area (Å²) in [5.41, 5.74) is 0. The maximum atomic E-state index is 8.55. The van der Waals surface area contributed by atoms with Crippen molar-refractivity contribution in [3.8, 4) is 0 Å². The molecule has 0 unspecified atom stereocenters. The predicted octanol–water partition coefficient (Wildman–Crippen LogP) is -11.5. The Labute approximate surface area is 142 Å². The second-order valence-corrected chi connectivity index (χ2v) is 4.02. The van der Waals surface area contributed by atoms with E-state index in [1.165, 1.54) is 0 Å². The van der Waals surface area contributed by atoms with Gasteiger partial charge in [0.15, 0.2) is 0 Å². The maximum Gasteiger partial charge on any atom is 4.00 e. The van der Waals surface area contributed by atoms with E-state index >= 15 is 0 Å². The van der Waals surface area contributed by atoms with E-state index < -0.39 is 23.5 Å². The van der Waals surface area contributed by atoms with Gasteiger partial charge in [-0.1, -0.05) is 0 Å². The van der Waals surface area contributed by atoms with Crippen LogP contribution in [0.2, 0.25) is 0 Å². The van der Waals surface area contributed by atoms with Crippen LogP contribution in [-0.4, -0.2) is 0 Å². The molecule has 96 valence electrons. The first kappa shape index (κ1) is 37.0. The maximum absolute atomic E-state index is 8.55. The molecule has 0 bridgehead atoms. The van der Waals surface area contributed by atoms with Gasteiger partial charge in [-0.2, -0.15) is 23.5 Å². The standard InChI is InChI=1S/Li.3H3O4P.2Ti/c;3*1-5(2,3)4;;/h;3*(H3,1,2,3,4);;/q+1;;;;2*+4/p-9. The van der Waals surface area contributed by atoms with Gasteiger partial charge in [-0.3, -0.25) is 0 Å². The Morgan fingerprint density at radius 1 is 0.444 bits per heavy atom. The van der Waals surface area contributed by atoms with Crippen molar-refractivity contribution in [1.82, 2.24) is 0 Å². The van der Waals surface area contributed by atoms with Crippen LogP contribution in [0.25, 0.3) is 0 Å². The molecule has 0 rings (SSSR count). The Balaban J connectivity index is -0.0000000277. The topological polar surface area (TPSA) is 259 Å². The minimum absolute atomic E-state index is 0. The van der Waals surface area contributed by atoms with Crippen LogP contribution in [0.4, 0.5) is 0 Å². The molecule has 0 heterocycles. The molecule has 0 saturated carbocycles. The fourth-order valence-electron chi connectivity index (χ4n) is 0. The molecular formula is LiO12P3Ti2. The summed E-state index contributed by atoms with van der Waals surface area (Å²) in [6.45, 7) is 0. The fourth-order valence-corrected chi connectivity index (χ4v) is 0. The summed E-state index contributed by atoms with van der Waals surface area (Å²) in [5.74, 6) is 0. The average Bonchev–Trinajstić information content (AvgIpc) is 1.41. The largest absolute Gasteiger partial charge is 4.00 e. The summed E-state index contributed by atoms with van der Waals surface area (Å²) in [5, 5.41) is 0. The van der Waals surface area contributed by atoms with Crippen molar-refractivity contribution in [2.45, 2.75) is 0 Å². The first-order valence-corrected chi connectivity index (χ1v) is 6.57. The van der Waals surface area contributed by atoms with Gasteiger partial charge in [0.25, 0.3) is 0 Å². The van der Waals surface area contributed by atoms with E-state index in [4.69, 9.17) is 57.7 Å². The molecule has 0 saturated heterocycles. The molecule has 0 N–H and O–H groups in total. The summed E-state index contributed by atoms with van der Waals surface area (Å²) < 4.78 is 25.6. The van der Waals surface area contributed by atoms with E-state index in [0.717, 1.165) is 0 Å². The Bertz CT molecular complexity index is 211. The zero-order valence-corrected chi connectivity index (χ0v) is 14.0. The number of hydrogen-bond donors (Lipinski definition) is 0. The van der Waals surface area contributed by atoms with E-state index in [0.29, 0.717) is 0 Å². The van der Waals surface area contributed by atoms with Gasteiger partial charge < -0.3 is 57.7 Å². The molecule has 0 amide bonds. The Morgan fingerprint density at radius 3 is 0.444 bits per heavy atom. The fraction of sp³-hybridized carbons (Fsp3) is 0. The van der Waals surface area contributed by atoms with Gasteiger partial charge in [-0.15, -0.1) is 0 Å². The van der Waals surface area contributed by atoms with E-state index in [2.05, 4.69) is 0 Å². The van der Waals surface area contributed by atoms with Gasteiger partial charge in [0.2, 0.25) is 0 Å². The van der Waals surface area contributed by atoms with Gasteiger partial charge in [-0.05, 0) is 0 Å². The summed E-state index contributed by atoms with van der Waals surface area (Å²) in [6, 6.07) is 0. The molecule has 0 atom stereocenters. The van der Waals surface area contributed by atoms with Gasteiger partial charge in [0, 0.05) is 0 Å². The van der Waals surface area contributed by atoms with Crippen LogP contribution in [0.5, 0.6) is 0 Å². The van der Waals surface area contributed by atoms with Crippen molar-refractivity contribution >= 4 is 23.5 Å². The second-order valence-electron chi connectivity index (χ2n) is 1.34. The molecule has 0 aliphatic rings. The molecule has 0 aromatic heterocycles. The monoisotopic (exact) mass is 388 g/mol. The molecule has 0 fully saturated rings. The first-order valence-electron chi connectivity index (χ1n) is 2.19. The summed E-state index contributed by atoms with van der Waals surface area (Å²) >= 11 is 0. The summed E-state index contributed by atoms with van der Waals surface area (Å²) in [4.78, 5) is 76.9. The van der Waals surface area contributed by atoms with Gasteiger partial charge >= 0.3 is 62.3 Å². The van der Waals surface area contributed by atoms with Gasteiger partial charge in [0.05, 0.1) is 0 Å². The molecule has 0 radical (unpaired) electrons. The molecule has 12 nitrogen and oxygen atoms in total. The Kier molecular flexibility index (Phi) is 32.4. The van der Waals surface area contributed by atoms with Crippen molar-refractivity contribution in [1.29, 1.82) is 0 Å². The van der Waals surface area contributed by atoms with Crippen molar-refractivity contribution in [2.24, 2.45) is 0 Å². The minimum Gasteiger partial charge on any atom is -0.822 e. The zero-order valence-electron chi connectivity index (χ0n) is 8.24. The van der Waals surface area contributed by atoms with Crippen LogP contribution >= 0.6 is 23.5 Å². The Morgan fingerprint density at radius 2 is 0.444 bits per heavy atom. The van der Waals surface area contributed by atoms with Crippen molar-refractivity contribution < 1.29 is 120 Å². The molecule has 0 aliphatic heterocycles. The summed E-state index contributed by atoms with van der Waals surface area (Å²) in [6.07, 6.45) is 0. The quantitative estimate of drug-likeness (QED) is 0.277. The van der Waals surface area contributed by atoms with Crippen LogP contribution in [-0.2, 0) is 57.1 Å². The molecule has 0 aromatic rings. The average molecular weight is 388 g/mol. The van der Waals surface area contributed by atoms with Crippen LogP contribution < -0.4 is 62.9 Å². The van der Waals surface area contributed by atoms with Crippen LogP contribution in [0, 0.1) is 0 Å². The van der Waals surface area contributed by atoms with Crippen molar-refractivity contribution in [3.05, 3.63) is 0 Å². The van der Waals surface area contributed by atoms with E-state index in [1.807, 2.05) is 0 Å². The third-order valence-electron chi connectivity index (χ3n) is 0. The minimum atomic E-state index is -5.39. The SMILES string of the molecule is O=P([O-])([O-])[O-].O=P([O-])([O-])[O-].O=P([O-])([O-])[O-].[Li+].[Ti+4].[Ti+4]. The number of rotatable bonds is 0. The molecule has 0 spiro atoms. The third kappa shape index (κ3) is 996. The molecule has 0 aliphatic carbocycles. The number of phosphoric acid groups is 3. The van der Waals surface area contributed by atoms with Gasteiger partial charge in [0.1, 0.15) is 0 Å². The Hall–Kier alpha value is 2.36. The van der Waals surface area contributed by atoms with Crippen molar-refractivity contribution in [3.63, 3.8) is 0 Å². The van der Waals surface area contributed by atoms with E-state index in [-0.39, 0.29) is 62.3 Å². The van der Waals surface area contributed by atoms with E-state index in [9.17, 15) is 0 Å². The van der Waals surface area contributed by atoms with Crippen molar-refractivity contribution in [2.75, 3.05) is 0 Å². The van der Waals surface area contributed by atoms with E-state index in [1.54, 1.807) is 0 Å². The first-order chi connectivity index (χ1) is 6.00. The molecule has 18 heteroatoms. The molecule has 18 heavy (non-hydrogen) atoms. The molecule has 0 aromatic carbocycles. The smallest absolute Gasteiger partial charge is 0.822 e. The van der Waals surface area contributed by atoms with Gasteiger partial charge in [-0.25, -0.2) is 0 Å². The van der Waals surface area contributed by atoms with Crippen LogP contribution in [0.1, 0.15) is 0 Å². The number of hydrogen-bond acceptors (Lipinski definition) is 12. The normalized spacial score (nSPS) is 9.83. The van der Waals surface area contributed by atoms with Crippen LogP contribution in [0.15, 0.2) is 0 Å². The third-order valence-corrected chi connectivity index (χ3v) is 0.